The van der Waals surface area contributed by atoms with Crippen LogP contribution in [0.3, 0.4) is 0 Å². The SMILES string of the molecule is NCCO.O=C(O)Cc1ccc(NCCCl)cc1. The number of rotatable bonds is 6. The lowest BCUT2D eigenvalue weighted by atomic mass is 10.1. The van der Waals surface area contributed by atoms with Crippen LogP contribution in [0.15, 0.2) is 24.3 Å². The molecule has 0 atom stereocenters. The quantitative estimate of drug-likeness (QED) is 0.578. The van der Waals surface area contributed by atoms with E-state index >= 15 is 0 Å². The summed E-state index contributed by atoms with van der Waals surface area (Å²) in [4.78, 5) is 10.4. The number of alkyl halides is 1. The first-order chi connectivity index (χ1) is 8.63. The first-order valence-corrected chi connectivity index (χ1v) is 6.09. The molecule has 0 saturated heterocycles. The Morgan fingerprint density at radius 2 is 1.89 bits per heavy atom. The van der Waals surface area contributed by atoms with Crippen LogP contribution in [0, 0.1) is 0 Å². The van der Waals surface area contributed by atoms with Gasteiger partial charge in [0.15, 0.2) is 0 Å². The number of carboxylic acid groups (broad SMARTS) is 1. The summed E-state index contributed by atoms with van der Waals surface area (Å²) in [5.74, 6) is -0.261. The minimum absolute atomic E-state index is 0.0653. The van der Waals surface area contributed by atoms with Crippen molar-refractivity contribution in [3.8, 4) is 0 Å². The number of aliphatic carboxylic acids is 1. The number of nitrogens with one attached hydrogen (secondary N) is 1. The average Bonchev–Trinajstić information content (AvgIpc) is 2.37. The number of nitrogens with two attached hydrogens (primary N) is 1. The Labute approximate surface area is 112 Å². The van der Waals surface area contributed by atoms with Gasteiger partial charge in [0, 0.05) is 24.7 Å². The molecule has 0 aromatic heterocycles. The second-order valence-electron chi connectivity index (χ2n) is 3.40. The summed E-state index contributed by atoms with van der Waals surface area (Å²) >= 11 is 5.51. The van der Waals surface area contributed by atoms with Crippen molar-refractivity contribution < 1.29 is 15.0 Å². The lowest BCUT2D eigenvalue weighted by Crippen LogP contribution is -2.03. The third-order valence-electron chi connectivity index (χ3n) is 1.86. The fourth-order valence-electron chi connectivity index (χ4n) is 1.11. The van der Waals surface area contributed by atoms with Crippen LogP contribution in [-0.4, -0.2) is 41.8 Å². The number of hydrogen-bond acceptors (Lipinski definition) is 4. The second-order valence-corrected chi connectivity index (χ2v) is 3.77. The van der Waals surface area contributed by atoms with Crippen molar-refractivity contribution >= 4 is 23.3 Å². The zero-order valence-electron chi connectivity index (χ0n) is 10.1. The molecule has 18 heavy (non-hydrogen) atoms. The molecule has 0 aliphatic heterocycles. The summed E-state index contributed by atoms with van der Waals surface area (Å²) in [6, 6.07) is 7.30. The van der Waals surface area contributed by atoms with E-state index in [1.54, 1.807) is 12.1 Å². The summed E-state index contributed by atoms with van der Waals surface area (Å²) in [5, 5.41) is 19.4. The summed E-state index contributed by atoms with van der Waals surface area (Å²) in [5.41, 5.74) is 6.54. The topological polar surface area (TPSA) is 95.6 Å². The monoisotopic (exact) mass is 274 g/mol. The molecule has 0 aliphatic rings. The van der Waals surface area contributed by atoms with Crippen LogP contribution in [-0.2, 0) is 11.2 Å². The van der Waals surface area contributed by atoms with Gasteiger partial charge in [-0.3, -0.25) is 4.79 Å². The minimum Gasteiger partial charge on any atom is -0.481 e. The van der Waals surface area contributed by atoms with Crippen molar-refractivity contribution in [2.75, 3.05) is 30.9 Å². The Kier molecular flexibility index (Phi) is 10.0. The highest BCUT2D eigenvalue weighted by Gasteiger charge is 1.99. The fourth-order valence-corrected chi connectivity index (χ4v) is 1.20. The van der Waals surface area contributed by atoms with Crippen LogP contribution in [0.2, 0.25) is 0 Å². The Morgan fingerprint density at radius 3 is 2.28 bits per heavy atom. The summed E-state index contributed by atoms with van der Waals surface area (Å²) in [7, 11) is 0. The number of benzene rings is 1. The zero-order valence-corrected chi connectivity index (χ0v) is 10.9. The number of aliphatic hydroxyl groups is 1. The van der Waals surface area contributed by atoms with Crippen molar-refractivity contribution in [2.24, 2.45) is 5.73 Å². The van der Waals surface area contributed by atoms with Crippen LogP contribution in [0.25, 0.3) is 0 Å². The minimum atomic E-state index is -0.813. The first-order valence-electron chi connectivity index (χ1n) is 5.55. The van der Waals surface area contributed by atoms with Crippen molar-refractivity contribution in [2.45, 2.75) is 6.42 Å². The van der Waals surface area contributed by atoms with Gasteiger partial charge in [-0.05, 0) is 17.7 Å². The molecule has 0 fully saturated rings. The molecule has 1 rings (SSSR count). The standard InChI is InChI=1S/C10H12ClNO2.C2H7NO/c11-5-6-12-9-3-1-8(2-4-9)7-10(13)14;3-1-2-4/h1-4,12H,5-7H2,(H,13,14);4H,1-3H2. The fraction of sp³-hybridized carbons (Fsp3) is 0.417. The summed E-state index contributed by atoms with van der Waals surface area (Å²) in [6.07, 6.45) is 0.0653. The van der Waals surface area contributed by atoms with Gasteiger partial charge in [-0.15, -0.1) is 11.6 Å². The van der Waals surface area contributed by atoms with Crippen LogP contribution in [0.4, 0.5) is 5.69 Å². The highest BCUT2D eigenvalue weighted by atomic mass is 35.5. The van der Waals surface area contributed by atoms with Crippen molar-refractivity contribution in [1.29, 1.82) is 0 Å². The predicted molar refractivity (Wildman–Crippen MR) is 73.1 cm³/mol. The molecule has 1 aromatic rings. The maximum Gasteiger partial charge on any atom is 0.307 e. The van der Waals surface area contributed by atoms with Gasteiger partial charge < -0.3 is 21.3 Å². The van der Waals surface area contributed by atoms with E-state index in [1.807, 2.05) is 12.1 Å². The molecule has 0 aliphatic carbocycles. The summed E-state index contributed by atoms with van der Waals surface area (Å²) in [6.45, 7) is 1.18. The van der Waals surface area contributed by atoms with Gasteiger partial charge in [-0.25, -0.2) is 0 Å². The molecule has 102 valence electrons. The lowest BCUT2D eigenvalue weighted by Gasteiger charge is -2.04. The maximum atomic E-state index is 10.4. The Hall–Kier alpha value is -1.30. The number of halogens is 1. The Bertz CT molecular complexity index is 329. The molecule has 0 saturated carbocycles. The molecule has 1 aromatic carbocycles. The normalized spacial score (nSPS) is 9.28. The third-order valence-corrected chi connectivity index (χ3v) is 2.05. The zero-order chi connectivity index (χ0) is 13.8. The van der Waals surface area contributed by atoms with E-state index in [0.29, 0.717) is 19.0 Å². The highest BCUT2D eigenvalue weighted by Crippen LogP contribution is 2.09. The van der Waals surface area contributed by atoms with Gasteiger partial charge in [0.25, 0.3) is 0 Å². The van der Waals surface area contributed by atoms with E-state index in [1.165, 1.54) is 0 Å². The van der Waals surface area contributed by atoms with E-state index < -0.39 is 5.97 Å². The van der Waals surface area contributed by atoms with Crippen molar-refractivity contribution in [3.63, 3.8) is 0 Å². The van der Waals surface area contributed by atoms with Crippen molar-refractivity contribution in [1.82, 2.24) is 0 Å². The summed E-state index contributed by atoms with van der Waals surface area (Å²) < 4.78 is 0. The largest absolute Gasteiger partial charge is 0.481 e. The average molecular weight is 275 g/mol. The molecular formula is C12H19ClN2O3. The predicted octanol–water partition coefficient (Wildman–Crippen LogP) is 0.902. The molecule has 0 heterocycles. The van der Waals surface area contributed by atoms with Crippen LogP contribution in [0.5, 0.6) is 0 Å². The number of aliphatic hydroxyl groups excluding tert-OH is 1. The van der Waals surface area contributed by atoms with Gasteiger partial charge in [-0.2, -0.15) is 0 Å². The van der Waals surface area contributed by atoms with E-state index in [9.17, 15) is 4.79 Å². The molecule has 0 unspecified atom stereocenters. The molecule has 0 bridgehead atoms. The van der Waals surface area contributed by atoms with Gasteiger partial charge in [-0.1, -0.05) is 12.1 Å². The third kappa shape index (κ3) is 8.81. The van der Waals surface area contributed by atoms with Crippen LogP contribution < -0.4 is 11.1 Å². The maximum absolute atomic E-state index is 10.4. The Balaban J connectivity index is 0.000000631. The van der Waals surface area contributed by atoms with Crippen LogP contribution in [0.1, 0.15) is 5.56 Å². The van der Waals surface area contributed by atoms with Crippen LogP contribution >= 0.6 is 11.6 Å². The van der Waals surface area contributed by atoms with Gasteiger partial charge >= 0.3 is 5.97 Å². The second kappa shape index (κ2) is 10.8. The number of anilines is 1. The smallest absolute Gasteiger partial charge is 0.307 e. The molecule has 6 heteroatoms. The van der Waals surface area contributed by atoms with Gasteiger partial charge in [0.2, 0.25) is 0 Å². The van der Waals surface area contributed by atoms with Gasteiger partial charge in [0.1, 0.15) is 0 Å². The van der Waals surface area contributed by atoms with E-state index in [2.05, 4.69) is 5.32 Å². The molecular weight excluding hydrogens is 256 g/mol. The van der Waals surface area contributed by atoms with E-state index in [0.717, 1.165) is 11.3 Å². The highest BCUT2D eigenvalue weighted by molar-refractivity contribution is 6.18. The molecule has 5 N–H and O–H groups in total. The van der Waals surface area contributed by atoms with Crippen molar-refractivity contribution in [3.05, 3.63) is 29.8 Å². The molecule has 0 radical (unpaired) electrons. The number of carbonyl (C=O) groups is 1. The first kappa shape index (κ1) is 16.7. The lowest BCUT2D eigenvalue weighted by molar-refractivity contribution is -0.136. The van der Waals surface area contributed by atoms with E-state index in [-0.39, 0.29) is 13.0 Å². The number of hydrogen-bond donors (Lipinski definition) is 4. The number of carboxylic acids is 1. The van der Waals surface area contributed by atoms with Gasteiger partial charge in [0.05, 0.1) is 13.0 Å². The van der Waals surface area contributed by atoms with E-state index in [4.69, 9.17) is 27.5 Å². The molecule has 0 amide bonds. The molecule has 0 spiro atoms. The molecule has 5 nitrogen and oxygen atoms in total. The Morgan fingerprint density at radius 1 is 1.33 bits per heavy atom.